The van der Waals surface area contributed by atoms with E-state index in [9.17, 15) is 22.8 Å². The molecule has 0 saturated heterocycles. The molecular formula is C24H39BF3NO3. The van der Waals surface area contributed by atoms with Crippen LogP contribution in [-0.2, 0) is 0 Å². The quantitative estimate of drug-likeness (QED) is 0.0950. The molecule has 0 unspecified atom stereocenters. The van der Waals surface area contributed by atoms with Crippen molar-refractivity contribution in [3.8, 4) is 5.75 Å². The minimum Gasteiger partial charge on any atom is -0.512 e. The Morgan fingerprint density at radius 1 is 0.938 bits per heavy atom. The zero-order chi connectivity index (χ0) is 24.2. The molecule has 0 radical (unpaired) electrons. The van der Waals surface area contributed by atoms with Crippen LogP contribution in [-0.4, -0.2) is 49.6 Å². The van der Waals surface area contributed by atoms with Crippen molar-refractivity contribution >= 4 is 13.3 Å². The van der Waals surface area contributed by atoms with E-state index in [4.69, 9.17) is 4.74 Å². The predicted molar refractivity (Wildman–Crippen MR) is 126 cm³/mol. The summed E-state index contributed by atoms with van der Waals surface area (Å²) in [6.07, 6.45) is 9.73. The van der Waals surface area contributed by atoms with Crippen LogP contribution in [0.15, 0.2) is 36.1 Å². The number of carbonyl (C=O) groups excluding carboxylic acids is 1. The molecule has 0 aliphatic rings. The van der Waals surface area contributed by atoms with Crippen molar-refractivity contribution in [3.05, 3.63) is 41.7 Å². The maximum atomic E-state index is 12.2. The van der Waals surface area contributed by atoms with E-state index >= 15 is 0 Å². The fourth-order valence-electron chi connectivity index (χ4n) is 2.96. The molecule has 0 saturated carbocycles. The van der Waals surface area contributed by atoms with Crippen molar-refractivity contribution < 1.29 is 27.6 Å². The van der Waals surface area contributed by atoms with Crippen molar-refractivity contribution in [1.29, 1.82) is 0 Å². The van der Waals surface area contributed by atoms with Gasteiger partial charge >= 0.3 is 7.54 Å². The zero-order valence-electron chi connectivity index (χ0n) is 19.8. The van der Waals surface area contributed by atoms with Gasteiger partial charge in [-0.05, 0) is 63.0 Å². The number of rotatable bonds is 16. The molecule has 0 bridgehead atoms. The number of allylic oxidation sites excluding steroid dienone is 2. The Bertz CT molecular complexity index is 617. The summed E-state index contributed by atoms with van der Waals surface area (Å²) in [5.41, 5.74) is 0.570. The molecule has 0 spiro atoms. The number of ketones is 1. The van der Waals surface area contributed by atoms with Gasteiger partial charge in [-0.1, -0.05) is 40.0 Å². The van der Waals surface area contributed by atoms with Crippen LogP contribution in [0.4, 0.5) is 12.9 Å². The van der Waals surface area contributed by atoms with Gasteiger partial charge in [-0.3, -0.25) is 17.7 Å². The van der Waals surface area contributed by atoms with Crippen LogP contribution in [0.25, 0.3) is 0 Å². The van der Waals surface area contributed by atoms with E-state index in [1.807, 2.05) is 12.1 Å². The van der Waals surface area contributed by atoms with Gasteiger partial charge in [0.15, 0.2) is 5.78 Å². The number of aliphatic hydroxyl groups is 1. The largest absolute Gasteiger partial charge is 0.762 e. The SMILES string of the molecule is CCCC/C(O)=C\C(=O)c1ccc(OCCCN(CCCC)CCCC)cc1.FB(F)F. The van der Waals surface area contributed by atoms with Gasteiger partial charge in [0.2, 0.25) is 0 Å². The van der Waals surface area contributed by atoms with E-state index in [1.165, 1.54) is 44.8 Å². The highest BCUT2D eigenvalue weighted by molar-refractivity contribution is 6.33. The van der Waals surface area contributed by atoms with Crippen LogP contribution in [0, 0.1) is 0 Å². The number of nitrogens with zero attached hydrogens (tertiary/aromatic N) is 1. The van der Waals surface area contributed by atoms with Gasteiger partial charge in [0.25, 0.3) is 0 Å². The van der Waals surface area contributed by atoms with Crippen molar-refractivity contribution in [2.45, 2.75) is 72.1 Å². The Morgan fingerprint density at radius 2 is 1.44 bits per heavy atom. The van der Waals surface area contributed by atoms with Gasteiger partial charge in [0, 0.05) is 24.6 Å². The van der Waals surface area contributed by atoms with E-state index in [-0.39, 0.29) is 11.5 Å². The highest BCUT2D eigenvalue weighted by atomic mass is 19.4. The Morgan fingerprint density at radius 3 is 1.94 bits per heavy atom. The van der Waals surface area contributed by atoms with E-state index in [2.05, 4.69) is 25.7 Å². The lowest BCUT2D eigenvalue weighted by atomic mass is 10.1. The Kier molecular flexibility index (Phi) is 18.5. The molecule has 0 heterocycles. The van der Waals surface area contributed by atoms with Crippen molar-refractivity contribution in [2.24, 2.45) is 0 Å². The molecule has 0 aromatic heterocycles. The molecule has 0 atom stereocenters. The average Bonchev–Trinajstić information content (AvgIpc) is 2.76. The zero-order valence-corrected chi connectivity index (χ0v) is 19.8. The van der Waals surface area contributed by atoms with Gasteiger partial charge in [0.05, 0.1) is 12.4 Å². The van der Waals surface area contributed by atoms with Gasteiger partial charge < -0.3 is 14.7 Å². The molecule has 0 amide bonds. The molecule has 8 heteroatoms. The van der Waals surface area contributed by atoms with Gasteiger partial charge in [-0.15, -0.1) is 0 Å². The van der Waals surface area contributed by atoms with Gasteiger partial charge in [-0.2, -0.15) is 0 Å². The third-order valence-electron chi connectivity index (χ3n) is 4.77. The summed E-state index contributed by atoms with van der Waals surface area (Å²) in [6.45, 7) is 10.6. The Balaban J connectivity index is 0.00000220. The van der Waals surface area contributed by atoms with Gasteiger partial charge in [0.1, 0.15) is 5.75 Å². The summed E-state index contributed by atoms with van der Waals surface area (Å²) in [4.78, 5) is 14.7. The average molecular weight is 457 g/mol. The number of benzene rings is 1. The monoisotopic (exact) mass is 457 g/mol. The third-order valence-corrected chi connectivity index (χ3v) is 4.77. The molecule has 32 heavy (non-hydrogen) atoms. The lowest BCUT2D eigenvalue weighted by molar-refractivity contribution is 0.104. The van der Waals surface area contributed by atoms with Crippen molar-refractivity contribution in [1.82, 2.24) is 4.90 Å². The molecule has 1 aromatic carbocycles. The Hall–Kier alpha value is -1.96. The highest BCUT2D eigenvalue weighted by Gasteiger charge is 2.07. The fourth-order valence-corrected chi connectivity index (χ4v) is 2.96. The molecule has 182 valence electrons. The Labute approximate surface area is 192 Å². The topological polar surface area (TPSA) is 49.8 Å². The lowest BCUT2D eigenvalue weighted by Crippen LogP contribution is -2.28. The van der Waals surface area contributed by atoms with E-state index in [0.717, 1.165) is 31.6 Å². The number of carbonyl (C=O) groups is 1. The molecule has 1 aromatic rings. The first kappa shape index (κ1) is 30.0. The summed E-state index contributed by atoms with van der Waals surface area (Å²) in [7, 11) is -3.67. The predicted octanol–water partition coefficient (Wildman–Crippen LogP) is 7.05. The van der Waals surface area contributed by atoms with Crippen molar-refractivity contribution in [3.63, 3.8) is 0 Å². The van der Waals surface area contributed by atoms with Gasteiger partial charge in [-0.25, -0.2) is 0 Å². The van der Waals surface area contributed by atoms with Crippen molar-refractivity contribution in [2.75, 3.05) is 26.2 Å². The second-order valence-corrected chi connectivity index (χ2v) is 7.63. The molecule has 4 nitrogen and oxygen atoms in total. The number of hydrogen-bond donors (Lipinski definition) is 1. The molecular weight excluding hydrogens is 418 g/mol. The van der Waals surface area contributed by atoms with Crippen LogP contribution in [0.3, 0.4) is 0 Å². The summed E-state index contributed by atoms with van der Waals surface area (Å²) < 4.78 is 34.8. The molecule has 1 rings (SSSR count). The number of hydrogen-bond acceptors (Lipinski definition) is 4. The minimum atomic E-state index is -3.67. The molecule has 0 aliphatic carbocycles. The van der Waals surface area contributed by atoms with E-state index in [0.29, 0.717) is 18.6 Å². The number of aliphatic hydroxyl groups excluding tert-OH is 1. The minimum absolute atomic E-state index is 0.155. The summed E-state index contributed by atoms with van der Waals surface area (Å²) in [5, 5.41) is 9.77. The summed E-state index contributed by atoms with van der Waals surface area (Å²) in [6, 6.07) is 7.18. The molecule has 0 aliphatic heterocycles. The van der Waals surface area contributed by atoms with E-state index < -0.39 is 7.54 Å². The lowest BCUT2D eigenvalue weighted by Gasteiger charge is -2.21. The fraction of sp³-hybridized carbons (Fsp3) is 0.625. The molecule has 0 fully saturated rings. The summed E-state index contributed by atoms with van der Waals surface area (Å²) in [5.74, 6) is 0.773. The maximum Gasteiger partial charge on any atom is 0.762 e. The summed E-state index contributed by atoms with van der Waals surface area (Å²) >= 11 is 0. The number of ether oxygens (including phenoxy) is 1. The van der Waals surface area contributed by atoms with Crippen LogP contribution < -0.4 is 4.74 Å². The molecule has 1 N–H and O–H groups in total. The first-order valence-electron chi connectivity index (χ1n) is 11.6. The standard InChI is InChI=1S/C24H39NO3.BF3/c1-4-7-11-22(26)20-24(27)21-12-14-23(15-13-21)28-19-10-18-25(16-8-5-2)17-9-6-3;2-1(3)4/h12-15,20,26H,4-11,16-19H2,1-3H3;/b22-20+;. The maximum absolute atomic E-state index is 12.2. The van der Waals surface area contributed by atoms with Crippen LogP contribution in [0.1, 0.15) is 82.5 Å². The second-order valence-electron chi connectivity index (χ2n) is 7.63. The smallest absolute Gasteiger partial charge is 0.512 e. The highest BCUT2D eigenvalue weighted by Crippen LogP contribution is 2.14. The van der Waals surface area contributed by atoms with Crippen LogP contribution in [0.5, 0.6) is 5.75 Å². The third kappa shape index (κ3) is 16.7. The van der Waals surface area contributed by atoms with Crippen LogP contribution >= 0.6 is 0 Å². The van der Waals surface area contributed by atoms with E-state index in [1.54, 1.807) is 12.1 Å². The second kappa shape index (κ2) is 19.7. The number of unbranched alkanes of at least 4 members (excludes halogenated alkanes) is 3. The normalized spacial score (nSPS) is 11.2. The number of halogens is 3. The first-order valence-corrected chi connectivity index (χ1v) is 11.6. The first-order chi connectivity index (χ1) is 15.3. The van der Waals surface area contributed by atoms with Crippen LogP contribution in [0.2, 0.25) is 0 Å².